The number of hydrogen-bond acceptors (Lipinski definition) is 4. The van der Waals surface area contributed by atoms with E-state index in [-0.39, 0.29) is 23.1 Å². The first-order chi connectivity index (χ1) is 7.63. The lowest BCUT2D eigenvalue weighted by molar-refractivity contribution is 0.0519. The second-order valence-corrected chi connectivity index (χ2v) is 3.30. The van der Waals surface area contributed by atoms with Crippen molar-refractivity contribution in [3.63, 3.8) is 0 Å². The molecule has 0 bridgehead atoms. The van der Waals surface area contributed by atoms with Gasteiger partial charge in [-0.25, -0.2) is 18.7 Å². The second-order valence-electron chi connectivity index (χ2n) is 2.91. The van der Waals surface area contributed by atoms with Crippen LogP contribution in [0, 0.1) is 5.82 Å². The molecule has 0 N–H and O–H groups in total. The zero-order valence-corrected chi connectivity index (χ0v) is 9.03. The van der Waals surface area contributed by atoms with Crippen LogP contribution in [-0.2, 0) is 4.74 Å². The molecular weight excluding hydrogens is 237 g/mol. The predicted octanol–water partition coefficient (Wildman–Crippen LogP) is 1.70. The molecule has 0 aliphatic heterocycles. The SMILES string of the molecule is CCOC(=O)c1cc(Cl)n2ncc(F)c2n1. The van der Waals surface area contributed by atoms with E-state index < -0.39 is 11.8 Å². The summed E-state index contributed by atoms with van der Waals surface area (Å²) in [5, 5.41) is 3.75. The van der Waals surface area contributed by atoms with Crippen molar-refractivity contribution >= 4 is 23.2 Å². The fourth-order valence-corrected chi connectivity index (χ4v) is 1.44. The molecule has 0 saturated heterocycles. The van der Waals surface area contributed by atoms with Crippen LogP contribution in [0.25, 0.3) is 5.65 Å². The van der Waals surface area contributed by atoms with Crippen LogP contribution in [0.1, 0.15) is 17.4 Å². The molecule has 0 amide bonds. The summed E-state index contributed by atoms with van der Waals surface area (Å²) in [6, 6.07) is 1.28. The molecule has 2 heterocycles. The number of hydrogen-bond donors (Lipinski definition) is 0. The third kappa shape index (κ3) is 1.71. The number of carbonyl (C=O) groups is 1. The average molecular weight is 244 g/mol. The van der Waals surface area contributed by atoms with Crippen LogP contribution in [0.5, 0.6) is 0 Å². The summed E-state index contributed by atoms with van der Waals surface area (Å²) in [6.45, 7) is 1.88. The van der Waals surface area contributed by atoms with Crippen LogP contribution >= 0.6 is 11.6 Å². The van der Waals surface area contributed by atoms with Crippen molar-refractivity contribution in [1.29, 1.82) is 0 Å². The molecule has 0 aliphatic carbocycles. The Morgan fingerprint density at radius 1 is 1.69 bits per heavy atom. The molecule has 2 rings (SSSR count). The van der Waals surface area contributed by atoms with E-state index in [1.54, 1.807) is 6.92 Å². The van der Waals surface area contributed by atoms with Gasteiger partial charge in [0.05, 0.1) is 12.8 Å². The van der Waals surface area contributed by atoms with Crippen molar-refractivity contribution in [3.8, 4) is 0 Å². The van der Waals surface area contributed by atoms with E-state index in [2.05, 4.69) is 10.1 Å². The van der Waals surface area contributed by atoms with Crippen LogP contribution in [0.4, 0.5) is 4.39 Å². The first-order valence-electron chi connectivity index (χ1n) is 4.50. The molecule has 5 nitrogen and oxygen atoms in total. The summed E-state index contributed by atoms with van der Waals surface area (Å²) in [7, 11) is 0. The Balaban J connectivity index is 2.56. The summed E-state index contributed by atoms with van der Waals surface area (Å²) < 4.78 is 19.0. The van der Waals surface area contributed by atoms with E-state index in [4.69, 9.17) is 16.3 Å². The maximum atomic E-state index is 13.2. The van der Waals surface area contributed by atoms with Gasteiger partial charge in [0.25, 0.3) is 0 Å². The van der Waals surface area contributed by atoms with Crippen LogP contribution in [0.2, 0.25) is 5.15 Å². The molecule has 0 saturated carbocycles. The minimum atomic E-state index is -0.646. The normalized spacial score (nSPS) is 10.7. The number of halogens is 2. The van der Waals surface area contributed by atoms with Gasteiger partial charge in [0.1, 0.15) is 5.15 Å². The number of ether oxygens (including phenoxy) is 1. The molecule has 2 aromatic rings. The quantitative estimate of drug-likeness (QED) is 0.595. The van der Waals surface area contributed by atoms with E-state index in [0.717, 1.165) is 10.7 Å². The highest BCUT2D eigenvalue weighted by molar-refractivity contribution is 6.30. The largest absolute Gasteiger partial charge is 0.461 e. The number of carbonyl (C=O) groups excluding carboxylic acids is 1. The molecule has 0 spiro atoms. The van der Waals surface area contributed by atoms with Gasteiger partial charge in [0.15, 0.2) is 17.2 Å². The van der Waals surface area contributed by atoms with Crippen molar-refractivity contribution in [2.24, 2.45) is 0 Å². The Labute approximate surface area is 94.8 Å². The highest BCUT2D eigenvalue weighted by Gasteiger charge is 2.15. The summed E-state index contributed by atoms with van der Waals surface area (Å²) in [6.07, 6.45) is 0.975. The van der Waals surface area contributed by atoms with E-state index in [0.29, 0.717) is 0 Å². The van der Waals surface area contributed by atoms with Crippen molar-refractivity contribution in [3.05, 3.63) is 28.9 Å². The Hall–Kier alpha value is -1.69. The smallest absolute Gasteiger partial charge is 0.357 e. The molecule has 0 atom stereocenters. The van der Waals surface area contributed by atoms with Gasteiger partial charge >= 0.3 is 5.97 Å². The number of esters is 1. The van der Waals surface area contributed by atoms with Crippen LogP contribution < -0.4 is 0 Å². The van der Waals surface area contributed by atoms with Gasteiger partial charge in [-0.2, -0.15) is 5.10 Å². The number of fused-ring (bicyclic) bond motifs is 1. The van der Waals surface area contributed by atoms with E-state index >= 15 is 0 Å². The lowest BCUT2D eigenvalue weighted by Gasteiger charge is -2.02. The lowest BCUT2D eigenvalue weighted by Crippen LogP contribution is -2.09. The third-order valence-electron chi connectivity index (χ3n) is 1.87. The zero-order chi connectivity index (χ0) is 11.7. The Kier molecular flexibility index (Phi) is 2.74. The minimum absolute atomic E-state index is 0.0428. The number of nitrogens with zero attached hydrogens (tertiary/aromatic N) is 3. The summed E-state index contributed by atoms with van der Waals surface area (Å²) in [5.74, 6) is -1.29. The third-order valence-corrected chi connectivity index (χ3v) is 2.14. The molecule has 0 unspecified atom stereocenters. The highest BCUT2D eigenvalue weighted by Crippen LogP contribution is 2.15. The first kappa shape index (κ1) is 10.8. The maximum Gasteiger partial charge on any atom is 0.357 e. The van der Waals surface area contributed by atoms with Crippen molar-refractivity contribution < 1.29 is 13.9 Å². The Morgan fingerprint density at radius 3 is 3.12 bits per heavy atom. The van der Waals surface area contributed by atoms with E-state index in [9.17, 15) is 9.18 Å². The zero-order valence-electron chi connectivity index (χ0n) is 8.28. The van der Waals surface area contributed by atoms with Crippen molar-refractivity contribution in [2.75, 3.05) is 6.61 Å². The standard InChI is InChI=1S/C9H7ClFN3O2/c1-2-16-9(15)6-3-7(10)14-8(13-6)5(11)4-12-14/h3-4H,2H2,1H3. The predicted molar refractivity (Wildman–Crippen MR) is 53.9 cm³/mol. The van der Waals surface area contributed by atoms with Crippen LogP contribution in [-0.4, -0.2) is 27.2 Å². The topological polar surface area (TPSA) is 56.5 Å². The fraction of sp³-hybridized carbons (Fsp3) is 0.222. The molecule has 0 aromatic carbocycles. The molecular formula is C9H7ClFN3O2. The number of rotatable bonds is 2. The van der Waals surface area contributed by atoms with E-state index in [1.807, 2.05) is 0 Å². The summed E-state index contributed by atoms with van der Waals surface area (Å²) >= 11 is 5.81. The second kappa shape index (κ2) is 4.05. The van der Waals surface area contributed by atoms with Gasteiger partial charge in [-0.3, -0.25) is 0 Å². The van der Waals surface area contributed by atoms with Crippen molar-refractivity contribution in [2.45, 2.75) is 6.92 Å². The van der Waals surface area contributed by atoms with Crippen LogP contribution in [0.15, 0.2) is 12.3 Å². The molecule has 0 fully saturated rings. The van der Waals surface area contributed by atoms with Gasteiger partial charge < -0.3 is 4.74 Å². The molecule has 0 aliphatic rings. The fourth-order valence-electron chi connectivity index (χ4n) is 1.21. The van der Waals surface area contributed by atoms with Gasteiger partial charge in [-0.05, 0) is 6.92 Å². The van der Waals surface area contributed by atoms with Crippen molar-refractivity contribution in [1.82, 2.24) is 14.6 Å². The molecule has 7 heteroatoms. The van der Waals surface area contributed by atoms with Gasteiger partial charge in [-0.15, -0.1) is 0 Å². The van der Waals surface area contributed by atoms with Crippen LogP contribution in [0.3, 0.4) is 0 Å². The van der Waals surface area contributed by atoms with Gasteiger partial charge in [-0.1, -0.05) is 11.6 Å². The van der Waals surface area contributed by atoms with Gasteiger partial charge in [0, 0.05) is 6.07 Å². The maximum absolute atomic E-state index is 13.2. The monoisotopic (exact) mass is 243 g/mol. The molecule has 84 valence electrons. The molecule has 2 aromatic heterocycles. The first-order valence-corrected chi connectivity index (χ1v) is 4.88. The molecule has 0 radical (unpaired) electrons. The lowest BCUT2D eigenvalue weighted by atomic mass is 10.4. The minimum Gasteiger partial charge on any atom is -0.461 e. The Bertz CT molecular complexity index is 555. The Morgan fingerprint density at radius 2 is 2.44 bits per heavy atom. The molecule has 16 heavy (non-hydrogen) atoms. The van der Waals surface area contributed by atoms with Gasteiger partial charge in [0.2, 0.25) is 0 Å². The van der Waals surface area contributed by atoms with E-state index in [1.165, 1.54) is 6.07 Å². The number of aromatic nitrogens is 3. The summed E-state index contributed by atoms with van der Waals surface area (Å²) in [4.78, 5) is 15.2. The summed E-state index contributed by atoms with van der Waals surface area (Å²) in [5.41, 5.74) is -0.144. The average Bonchev–Trinajstić information content (AvgIpc) is 2.61. The highest BCUT2D eigenvalue weighted by atomic mass is 35.5.